The molecule has 0 saturated carbocycles. The Hall–Kier alpha value is -2.27. The van der Waals surface area contributed by atoms with Gasteiger partial charge >= 0.3 is 0 Å². The van der Waals surface area contributed by atoms with E-state index in [0.717, 1.165) is 40.6 Å². The molecule has 2 aromatic rings. The highest BCUT2D eigenvalue weighted by Gasteiger charge is 2.27. The fraction of sp³-hybridized carbons (Fsp3) is 0.318. The molecule has 2 aromatic carbocycles. The van der Waals surface area contributed by atoms with Crippen LogP contribution in [0.2, 0.25) is 0 Å². The molecule has 0 fully saturated rings. The third-order valence-corrected chi connectivity index (χ3v) is 5.10. The molecular weight excluding hydrogens is 408 g/mol. The van der Waals surface area contributed by atoms with Gasteiger partial charge in [-0.1, -0.05) is 28.1 Å². The lowest BCUT2D eigenvalue weighted by molar-refractivity contribution is 0.104. The summed E-state index contributed by atoms with van der Waals surface area (Å²) in [4.78, 5) is 12.7. The number of halogens is 1. The van der Waals surface area contributed by atoms with Gasteiger partial charge in [0.2, 0.25) is 0 Å². The summed E-state index contributed by atoms with van der Waals surface area (Å²) in [6.07, 6.45) is 4.66. The number of Topliss-reactive ketones (excluding diaryl/α,β-unsaturated/α-hetero) is 1. The number of carbonyl (C=O) groups excluding carboxylic acids is 1. The third kappa shape index (κ3) is 4.53. The Morgan fingerprint density at radius 2 is 1.74 bits per heavy atom. The molecular formula is C22H23BrO4. The standard InChI is InChI=1S/C22H23BrO4/c1-25-20-13-16-12-17(22(24)19(16)14-21(20)26-2)11-15-5-7-18(8-6-15)27-10-4-3-9-23/h5-8,11,13-14H,3-4,9-10,12H2,1-2H3/b17-11+. The van der Waals surface area contributed by atoms with Gasteiger partial charge in [-0.25, -0.2) is 0 Å². The Morgan fingerprint density at radius 1 is 1.04 bits per heavy atom. The van der Waals surface area contributed by atoms with Crippen LogP contribution < -0.4 is 14.2 Å². The van der Waals surface area contributed by atoms with E-state index < -0.39 is 0 Å². The Balaban J connectivity index is 1.73. The van der Waals surface area contributed by atoms with E-state index >= 15 is 0 Å². The normalized spacial score (nSPS) is 14.3. The molecule has 0 atom stereocenters. The summed E-state index contributed by atoms with van der Waals surface area (Å²) in [7, 11) is 3.17. The molecule has 0 unspecified atom stereocenters. The van der Waals surface area contributed by atoms with E-state index in [4.69, 9.17) is 14.2 Å². The van der Waals surface area contributed by atoms with Crippen molar-refractivity contribution in [1.82, 2.24) is 0 Å². The lowest BCUT2D eigenvalue weighted by atomic mass is 10.1. The highest BCUT2D eigenvalue weighted by atomic mass is 79.9. The molecule has 0 aliphatic heterocycles. The zero-order valence-electron chi connectivity index (χ0n) is 15.6. The maximum atomic E-state index is 12.7. The number of methoxy groups -OCH3 is 2. The number of ether oxygens (including phenoxy) is 3. The fourth-order valence-electron chi connectivity index (χ4n) is 3.10. The molecule has 0 spiro atoms. The van der Waals surface area contributed by atoms with Crippen LogP contribution in [0.1, 0.15) is 34.3 Å². The number of hydrogen-bond acceptors (Lipinski definition) is 4. The van der Waals surface area contributed by atoms with Crippen molar-refractivity contribution in [2.24, 2.45) is 0 Å². The van der Waals surface area contributed by atoms with Gasteiger partial charge < -0.3 is 14.2 Å². The Labute approximate surface area is 168 Å². The second kappa shape index (κ2) is 9.09. The molecule has 0 heterocycles. The lowest BCUT2D eigenvalue weighted by Crippen LogP contribution is -1.98. The average Bonchev–Trinajstić information content (AvgIpc) is 3.00. The summed E-state index contributed by atoms with van der Waals surface area (Å²) in [5.74, 6) is 2.11. The predicted octanol–water partition coefficient (Wildman–Crippen LogP) is 5.08. The van der Waals surface area contributed by atoms with Crippen LogP contribution in [0.25, 0.3) is 6.08 Å². The molecule has 0 amide bonds. The van der Waals surface area contributed by atoms with Crippen LogP contribution in [0.4, 0.5) is 0 Å². The van der Waals surface area contributed by atoms with Gasteiger partial charge in [-0.15, -0.1) is 0 Å². The van der Waals surface area contributed by atoms with Gasteiger partial charge in [0.1, 0.15) is 5.75 Å². The van der Waals surface area contributed by atoms with Gasteiger partial charge in [0.05, 0.1) is 20.8 Å². The smallest absolute Gasteiger partial charge is 0.189 e. The molecule has 0 radical (unpaired) electrons. The minimum atomic E-state index is 0.0426. The van der Waals surface area contributed by atoms with Crippen molar-refractivity contribution in [3.05, 3.63) is 58.7 Å². The first kappa shape index (κ1) is 19.5. The van der Waals surface area contributed by atoms with Crippen molar-refractivity contribution >= 4 is 27.8 Å². The van der Waals surface area contributed by atoms with E-state index in [2.05, 4.69) is 15.9 Å². The highest BCUT2D eigenvalue weighted by Crippen LogP contribution is 2.37. The molecule has 0 N–H and O–H groups in total. The van der Waals surface area contributed by atoms with Gasteiger partial charge in [0.15, 0.2) is 17.3 Å². The lowest BCUT2D eigenvalue weighted by Gasteiger charge is -2.08. The summed E-state index contributed by atoms with van der Waals surface area (Å²) in [5, 5.41) is 0.997. The van der Waals surface area contributed by atoms with Gasteiger partial charge in [0, 0.05) is 22.9 Å². The summed E-state index contributed by atoms with van der Waals surface area (Å²) in [5.41, 5.74) is 3.41. The minimum absolute atomic E-state index is 0.0426. The molecule has 142 valence electrons. The average molecular weight is 431 g/mol. The van der Waals surface area contributed by atoms with Crippen molar-refractivity contribution in [2.75, 3.05) is 26.2 Å². The number of alkyl halides is 1. The van der Waals surface area contributed by atoms with Gasteiger partial charge in [-0.3, -0.25) is 4.79 Å². The largest absolute Gasteiger partial charge is 0.494 e. The summed E-state index contributed by atoms with van der Waals surface area (Å²) >= 11 is 3.42. The second-order valence-electron chi connectivity index (χ2n) is 6.35. The Morgan fingerprint density at radius 3 is 2.41 bits per heavy atom. The monoisotopic (exact) mass is 430 g/mol. The van der Waals surface area contributed by atoms with Crippen molar-refractivity contribution in [3.63, 3.8) is 0 Å². The number of rotatable bonds is 8. The number of benzene rings is 2. The van der Waals surface area contributed by atoms with Crippen LogP contribution >= 0.6 is 15.9 Å². The quantitative estimate of drug-likeness (QED) is 0.332. The van der Waals surface area contributed by atoms with Crippen LogP contribution in [0.5, 0.6) is 17.2 Å². The zero-order valence-corrected chi connectivity index (χ0v) is 17.2. The molecule has 0 bridgehead atoms. The van der Waals surface area contributed by atoms with E-state index in [0.29, 0.717) is 30.1 Å². The van der Waals surface area contributed by atoms with E-state index in [9.17, 15) is 4.79 Å². The number of carbonyl (C=O) groups is 1. The SMILES string of the molecule is COc1cc2c(cc1OC)C(=O)/C(=C/c1ccc(OCCCCBr)cc1)C2. The molecule has 5 heteroatoms. The molecule has 4 nitrogen and oxygen atoms in total. The van der Waals surface area contributed by atoms with Crippen molar-refractivity contribution < 1.29 is 19.0 Å². The summed E-state index contributed by atoms with van der Waals surface area (Å²) in [6, 6.07) is 11.5. The van der Waals surface area contributed by atoms with Crippen LogP contribution in [-0.4, -0.2) is 31.9 Å². The van der Waals surface area contributed by atoms with Crippen LogP contribution in [0, 0.1) is 0 Å². The molecule has 27 heavy (non-hydrogen) atoms. The second-order valence-corrected chi connectivity index (χ2v) is 7.15. The van der Waals surface area contributed by atoms with E-state index in [-0.39, 0.29) is 5.78 Å². The zero-order chi connectivity index (χ0) is 19.2. The molecule has 3 rings (SSSR count). The van der Waals surface area contributed by atoms with Crippen molar-refractivity contribution in [3.8, 4) is 17.2 Å². The molecule has 0 aromatic heterocycles. The maximum Gasteiger partial charge on any atom is 0.189 e. The Kier molecular flexibility index (Phi) is 6.56. The molecule has 1 aliphatic carbocycles. The van der Waals surface area contributed by atoms with E-state index in [1.165, 1.54) is 0 Å². The number of fused-ring (bicyclic) bond motifs is 1. The van der Waals surface area contributed by atoms with Gasteiger partial charge in [-0.2, -0.15) is 0 Å². The summed E-state index contributed by atoms with van der Waals surface area (Å²) in [6.45, 7) is 0.712. The summed E-state index contributed by atoms with van der Waals surface area (Å²) < 4.78 is 16.4. The topological polar surface area (TPSA) is 44.8 Å². The fourth-order valence-corrected chi connectivity index (χ4v) is 3.50. The highest BCUT2D eigenvalue weighted by molar-refractivity contribution is 9.09. The van der Waals surface area contributed by atoms with E-state index in [1.807, 2.05) is 36.4 Å². The van der Waals surface area contributed by atoms with Crippen LogP contribution in [0.15, 0.2) is 42.0 Å². The first-order valence-corrected chi connectivity index (χ1v) is 10.1. The maximum absolute atomic E-state index is 12.7. The first-order chi connectivity index (χ1) is 13.2. The number of allylic oxidation sites excluding steroid dienone is 1. The number of hydrogen-bond donors (Lipinski definition) is 0. The third-order valence-electron chi connectivity index (χ3n) is 4.54. The molecule has 1 aliphatic rings. The van der Waals surface area contributed by atoms with E-state index in [1.54, 1.807) is 20.3 Å². The molecule has 0 saturated heterocycles. The van der Waals surface area contributed by atoms with Gasteiger partial charge in [-0.05, 0) is 54.3 Å². The van der Waals surface area contributed by atoms with Crippen molar-refractivity contribution in [2.45, 2.75) is 19.3 Å². The number of unbranched alkanes of at least 4 members (excludes halogenated alkanes) is 1. The van der Waals surface area contributed by atoms with Gasteiger partial charge in [0.25, 0.3) is 0 Å². The first-order valence-electron chi connectivity index (χ1n) is 8.95. The van der Waals surface area contributed by atoms with Crippen molar-refractivity contribution in [1.29, 1.82) is 0 Å². The minimum Gasteiger partial charge on any atom is -0.494 e. The predicted molar refractivity (Wildman–Crippen MR) is 111 cm³/mol. The van der Waals surface area contributed by atoms with Crippen LogP contribution in [0.3, 0.4) is 0 Å². The Bertz CT molecular complexity index is 840. The number of ketones is 1. The van der Waals surface area contributed by atoms with Crippen LogP contribution in [-0.2, 0) is 6.42 Å².